The quantitative estimate of drug-likeness (QED) is 0.555. The van der Waals surface area contributed by atoms with Gasteiger partial charge >= 0.3 is 0 Å². The lowest BCUT2D eigenvalue weighted by Crippen LogP contribution is -2.48. The van der Waals surface area contributed by atoms with Crippen LogP contribution in [0.4, 0.5) is 0 Å². The van der Waals surface area contributed by atoms with E-state index in [1.54, 1.807) is 7.11 Å². The number of aryl methyl sites for hydroxylation is 1. The Labute approximate surface area is 153 Å². The van der Waals surface area contributed by atoms with Crippen molar-refractivity contribution in [1.29, 1.82) is 0 Å². The SMILES string of the molecule is COc1cc(OCCCCC(C)C)ccc1CCC(N)(CO)C(C)C. The highest BCUT2D eigenvalue weighted by atomic mass is 16.5. The molecule has 0 amide bonds. The molecule has 0 spiro atoms. The molecular weight excluding hydrogens is 314 g/mol. The second kappa shape index (κ2) is 10.7. The number of aliphatic hydroxyl groups is 1. The molecule has 144 valence electrons. The van der Waals surface area contributed by atoms with Gasteiger partial charge in [0.1, 0.15) is 11.5 Å². The molecule has 1 atom stereocenters. The lowest BCUT2D eigenvalue weighted by Gasteiger charge is -2.31. The summed E-state index contributed by atoms with van der Waals surface area (Å²) >= 11 is 0. The third-order valence-electron chi connectivity index (χ3n) is 5.01. The van der Waals surface area contributed by atoms with Crippen LogP contribution in [0.1, 0.15) is 58.9 Å². The van der Waals surface area contributed by atoms with Gasteiger partial charge in [-0.1, -0.05) is 40.2 Å². The van der Waals surface area contributed by atoms with Crippen molar-refractivity contribution in [3.05, 3.63) is 23.8 Å². The van der Waals surface area contributed by atoms with Crippen LogP contribution in [0.3, 0.4) is 0 Å². The van der Waals surface area contributed by atoms with Crippen molar-refractivity contribution in [1.82, 2.24) is 0 Å². The average Bonchev–Trinajstić information content (AvgIpc) is 2.59. The average molecular weight is 352 g/mol. The van der Waals surface area contributed by atoms with E-state index in [9.17, 15) is 5.11 Å². The number of methoxy groups -OCH3 is 1. The minimum Gasteiger partial charge on any atom is -0.496 e. The molecule has 0 aromatic heterocycles. The Hall–Kier alpha value is -1.26. The Balaban J connectivity index is 2.60. The van der Waals surface area contributed by atoms with Crippen LogP contribution >= 0.6 is 0 Å². The predicted molar refractivity (Wildman–Crippen MR) is 104 cm³/mol. The van der Waals surface area contributed by atoms with Gasteiger partial charge in [-0.3, -0.25) is 0 Å². The zero-order chi connectivity index (χ0) is 18.9. The second-order valence-electron chi connectivity index (χ2n) is 7.76. The topological polar surface area (TPSA) is 64.7 Å². The zero-order valence-corrected chi connectivity index (χ0v) is 16.7. The van der Waals surface area contributed by atoms with Gasteiger partial charge in [0.25, 0.3) is 0 Å². The third-order valence-corrected chi connectivity index (χ3v) is 5.01. The van der Waals surface area contributed by atoms with Crippen molar-refractivity contribution in [3.63, 3.8) is 0 Å². The molecular formula is C21H37NO3. The number of hydrogen-bond acceptors (Lipinski definition) is 4. The molecule has 0 saturated carbocycles. The lowest BCUT2D eigenvalue weighted by molar-refractivity contribution is 0.146. The molecule has 1 aromatic rings. The van der Waals surface area contributed by atoms with Gasteiger partial charge in [0.05, 0.1) is 20.3 Å². The summed E-state index contributed by atoms with van der Waals surface area (Å²) < 4.78 is 11.4. The highest BCUT2D eigenvalue weighted by Gasteiger charge is 2.28. The molecule has 0 bridgehead atoms. The first-order chi connectivity index (χ1) is 11.8. The van der Waals surface area contributed by atoms with Gasteiger partial charge in [0.2, 0.25) is 0 Å². The molecule has 4 heteroatoms. The van der Waals surface area contributed by atoms with Gasteiger partial charge in [0.15, 0.2) is 0 Å². The number of rotatable bonds is 12. The summed E-state index contributed by atoms with van der Waals surface area (Å²) in [4.78, 5) is 0. The van der Waals surface area contributed by atoms with E-state index in [-0.39, 0.29) is 12.5 Å². The fraction of sp³-hybridized carbons (Fsp3) is 0.714. The van der Waals surface area contributed by atoms with E-state index in [1.807, 2.05) is 32.0 Å². The number of benzene rings is 1. The summed E-state index contributed by atoms with van der Waals surface area (Å²) in [6.07, 6.45) is 5.00. The Kier molecular flexibility index (Phi) is 9.30. The maximum atomic E-state index is 9.60. The van der Waals surface area contributed by atoms with Crippen LogP contribution in [-0.4, -0.2) is 31.0 Å². The maximum absolute atomic E-state index is 9.60. The fourth-order valence-corrected chi connectivity index (χ4v) is 2.78. The molecule has 4 nitrogen and oxygen atoms in total. The Morgan fingerprint density at radius 1 is 1.16 bits per heavy atom. The molecule has 0 heterocycles. The van der Waals surface area contributed by atoms with Crippen molar-refractivity contribution in [3.8, 4) is 11.5 Å². The van der Waals surface area contributed by atoms with Crippen LogP contribution in [0, 0.1) is 11.8 Å². The standard InChI is InChI=1S/C21H37NO3/c1-16(2)8-6-7-13-25-19-10-9-18(20(14-19)24-5)11-12-21(22,15-23)17(3)4/h9-10,14,16-17,23H,6-8,11-13,15,22H2,1-5H3. The monoisotopic (exact) mass is 351 g/mol. The number of ether oxygens (including phenoxy) is 2. The highest BCUT2D eigenvalue weighted by molar-refractivity contribution is 5.41. The van der Waals surface area contributed by atoms with E-state index >= 15 is 0 Å². The molecule has 0 saturated heterocycles. The minimum atomic E-state index is -0.559. The Morgan fingerprint density at radius 3 is 2.44 bits per heavy atom. The maximum Gasteiger partial charge on any atom is 0.125 e. The normalized spacial score (nSPS) is 14.0. The second-order valence-corrected chi connectivity index (χ2v) is 7.76. The van der Waals surface area contributed by atoms with Crippen molar-refractivity contribution in [2.24, 2.45) is 17.6 Å². The molecule has 1 rings (SSSR count). The molecule has 1 aromatic carbocycles. The number of hydrogen-bond donors (Lipinski definition) is 2. The summed E-state index contributed by atoms with van der Waals surface area (Å²) in [5.74, 6) is 2.63. The van der Waals surface area contributed by atoms with E-state index in [0.29, 0.717) is 6.42 Å². The Bertz CT molecular complexity index is 502. The summed E-state index contributed by atoms with van der Waals surface area (Å²) in [7, 11) is 1.68. The van der Waals surface area contributed by atoms with Crippen LogP contribution in [0.15, 0.2) is 18.2 Å². The lowest BCUT2D eigenvalue weighted by atomic mass is 9.83. The van der Waals surface area contributed by atoms with E-state index in [1.165, 1.54) is 12.8 Å². The van der Waals surface area contributed by atoms with Crippen LogP contribution in [0.5, 0.6) is 11.5 Å². The van der Waals surface area contributed by atoms with E-state index in [4.69, 9.17) is 15.2 Å². The Morgan fingerprint density at radius 2 is 1.88 bits per heavy atom. The van der Waals surface area contributed by atoms with E-state index in [2.05, 4.69) is 13.8 Å². The molecule has 0 radical (unpaired) electrons. The first kappa shape index (κ1) is 21.8. The predicted octanol–water partition coefficient (Wildman–Crippen LogP) is 4.18. The first-order valence-electron chi connectivity index (χ1n) is 9.52. The van der Waals surface area contributed by atoms with Crippen LogP contribution in [0.25, 0.3) is 0 Å². The van der Waals surface area contributed by atoms with E-state index < -0.39 is 5.54 Å². The highest BCUT2D eigenvalue weighted by Crippen LogP contribution is 2.28. The summed E-state index contributed by atoms with van der Waals surface area (Å²) in [6, 6.07) is 5.98. The van der Waals surface area contributed by atoms with Crippen molar-refractivity contribution < 1.29 is 14.6 Å². The molecule has 25 heavy (non-hydrogen) atoms. The van der Waals surface area contributed by atoms with Gasteiger partial charge in [-0.05, 0) is 49.1 Å². The minimum absolute atomic E-state index is 0.00937. The van der Waals surface area contributed by atoms with Crippen LogP contribution in [-0.2, 0) is 6.42 Å². The molecule has 3 N–H and O–H groups in total. The van der Waals surface area contributed by atoms with Crippen LogP contribution in [0.2, 0.25) is 0 Å². The third kappa shape index (κ3) is 7.25. The number of unbranched alkanes of at least 4 members (excludes halogenated alkanes) is 1. The fourth-order valence-electron chi connectivity index (χ4n) is 2.78. The van der Waals surface area contributed by atoms with Gasteiger partial charge in [0, 0.05) is 11.6 Å². The van der Waals surface area contributed by atoms with Crippen LogP contribution < -0.4 is 15.2 Å². The van der Waals surface area contributed by atoms with Gasteiger partial charge in [-0.15, -0.1) is 0 Å². The zero-order valence-electron chi connectivity index (χ0n) is 16.7. The first-order valence-corrected chi connectivity index (χ1v) is 9.52. The largest absolute Gasteiger partial charge is 0.496 e. The number of nitrogens with two attached hydrogens (primary N) is 1. The summed E-state index contributed by atoms with van der Waals surface area (Å²) in [6.45, 7) is 9.31. The molecule has 0 fully saturated rings. The molecule has 0 aliphatic heterocycles. The smallest absolute Gasteiger partial charge is 0.125 e. The summed E-state index contributed by atoms with van der Waals surface area (Å²) in [5.41, 5.74) is 6.85. The molecule has 1 unspecified atom stereocenters. The van der Waals surface area contributed by atoms with Gasteiger partial charge < -0.3 is 20.3 Å². The van der Waals surface area contributed by atoms with E-state index in [0.717, 1.165) is 42.4 Å². The summed E-state index contributed by atoms with van der Waals surface area (Å²) in [5, 5.41) is 9.60. The molecule has 0 aliphatic carbocycles. The van der Waals surface area contributed by atoms with Gasteiger partial charge in [-0.2, -0.15) is 0 Å². The van der Waals surface area contributed by atoms with Crippen molar-refractivity contribution in [2.75, 3.05) is 20.3 Å². The number of aliphatic hydroxyl groups excluding tert-OH is 1. The van der Waals surface area contributed by atoms with Gasteiger partial charge in [-0.25, -0.2) is 0 Å². The molecule has 0 aliphatic rings. The van der Waals surface area contributed by atoms with Crippen molar-refractivity contribution >= 4 is 0 Å². The van der Waals surface area contributed by atoms with Crippen molar-refractivity contribution in [2.45, 2.75) is 65.3 Å².